The van der Waals surface area contributed by atoms with Crippen molar-refractivity contribution in [2.45, 2.75) is 26.7 Å². The average Bonchev–Trinajstić information content (AvgIpc) is 2.06. The van der Waals surface area contributed by atoms with Gasteiger partial charge in [-0.15, -0.1) is 6.58 Å². The zero-order valence-electron chi connectivity index (χ0n) is 8.11. The van der Waals surface area contributed by atoms with Crippen LogP contribution < -0.4 is 0 Å². The lowest BCUT2D eigenvalue weighted by molar-refractivity contribution is 0.0786. The molecular weight excluding hydrogens is 216 g/mol. The fourth-order valence-electron chi connectivity index (χ4n) is 1.17. The van der Waals surface area contributed by atoms with Gasteiger partial charge in [-0.25, -0.2) is 0 Å². The first-order valence-electron chi connectivity index (χ1n) is 4.43. The predicted molar refractivity (Wildman–Crippen MR) is 57.8 cm³/mol. The van der Waals surface area contributed by atoms with E-state index in [1.54, 1.807) is 6.08 Å². The van der Waals surface area contributed by atoms with Crippen LogP contribution in [-0.2, 0) is 4.74 Å². The number of rotatable bonds is 7. The summed E-state index contributed by atoms with van der Waals surface area (Å²) in [5, 5.41) is 1.00. The lowest BCUT2D eigenvalue weighted by Crippen LogP contribution is -2.25. The SMILES string of the molecule is C=CCOCC(C)(CBr)CCC. The molecule has 0 spiro atoms. The molecule has 0 aromatic carbocycles. The summed E-state index contributed by atoms with van der Waals surface area (Å²) in [7, 11) is 0. The molecule has 0 aromatic rings. The molecule has 72 valence electrons. The van der Waals surface area contributed by atoms with Gasteiger partial charge in [0.05, 0.1) is 13.2 Å². The van der Waals surface area contributed by atoms with Crippen LogP contribution in [0.3, 0.4) is 0 Å². The van der Waals surface area contributed by atoms with Crippen LogP contribution in [0.15, 0.2) is 12.7 Å². The molecule has 1 atom stereocenters. The molecule has 0 aliphatic heterocycles. The zero-order chi connectivity index (χ0) is 9.45. The Morgan fingerprint density at radius 3 is 2.67 bits per heavy atom. The van der Waals surface area contributed by atoms with Gasteiger partial charge in [-0.2, -0.15) is 0 Å². The van der Waals surface area contributed by atoms with E-state index in [1.165, 1.54) is 12.8 Å². The molecule has 0 aliphatic rings. The molecule has 1 nitrogen and oxygen atoms in total. The van der Waals surface area contributed by atoms with Crippen molar-refractivity contribution >= 4 is 15.9 Å². The minimum Gasteiger partial charge on any atom is -0.377 e. The molecule has 0 amide bonds. The van der Waals surface area contributed by atoms with Gasteiger partial charge in [-0.3, -0.25) is 0 Å². The summed E-state index contributed by atoms with van der Waals surface area (Å²) >= 11 is 3.52. The molecule has 0 saturated heterocycles. The van der Waals surface area contributed by atoms with E-state index in [0.29, 0.717) is 6.61 Å². The van der Waals surface area contributed by atoms with Crippen LogP contribution >= 0.6 is 15.9 Å². The Bertz CT molecular complexity index is 125. The van der Waals surface area contributed by atoms with Crippen LogP contribution in [0.4, 0.5) is 0 Å². The van der Waals surface area contributed by atoms with Crippen LogP contribution in [0.1, 0.15) is 26.7 Å². The quantitative estimate of drug-likeness (QED) is 0.373. The molecule has 0 bridgehead atoms. The van der Waals surface area contributed by atoms with Crippen molar-refractivity contribution in [1.82, 2.24) is 0 Å². The molecule has 12 heavy (non-hydrogen) atoms. The third-order valence-corrected chi connectivity index (χ3v) is 3.22. The number of ether oxygens (including phenoxy) is 1. The van der Waals surface area contributed by atoms with Crippen molar-refractivity contribution in [3.63, 3.8) is 0 Å². The molecule has 1 unspecified atom stereocenters. The monoisotopic (exact) mass is 234 g/mol. The van der Waals surface area contributed by atoms with Gasteiger partial charge in [-0.05, 0) is 6.42 Å². The van der Waals surface area contributed by atoms with E-state index in [4.69, 9.17) is 4.74 Å². The highest BCUT2D eigenvalue weighted by molar-refractivity contribution is 9.09. The molecule has 0 rings (SSSR count). The Morgan fingerprint density at radius 2 is 2.25 bits per heavy atom. The van der Waals surface area contributed by atoms with Gasteiger partial charge in [0.25, 0.3) is 0 Å². The lowest BCUT2D eigenvalue weighted by Gasteiger charge is -2.26. The highest BCUT2D eigenvalue weighted by Crippen LogP contribution is 2.25. The first-order valence-corrected chi connectivity index (χ1v) is 5.55. The van der Waals surface area contributed by atoms with Crippen molar-refractivity contribution in [1.29, 1.82) is 0 Å². The first-order chi connectivity index (χ1) is 5.68. The second-order valence-electron chi connectivity index (χ2n) is 3.50. The number of hydrogen-bond donors (Lipinski definition) is 0. The summed E-state index contributed by atoms with van der Waals surface area (Å²) in [4.78, 5) is 0. The highest BCUT2D eigenvalue weighted by atomic mass is 79.9. The predicted octanol–water partition coefficient (Wildman–Crippen LogP) is 3.39. The molecule has 0 saturated carbocycles. The minimum atomic E-state index is 0.289. The van der Waals surface area contributed by atoms with E-state index < -0.39 is 0 Å². The smallest absolute Gasteiger partial charge is 0.0645 e. The van der Waals surface area contributed by atoms with Crippen LogP contribution in [-0.4, -0.2) is 18.5 Å². The molecule has 0 radical (unpaired) electrons. The lowest BCUT2D eigenvalue weighted by atomic mass is 9.89. The number of halogens is 1. The van der Waals surface area contributed by atoms with Gasteiger partial charge in [0.2, 0.25) is 0 Å². The maximum absolute atomic E-state index is 5.44. The first kappa shape index (κ1) is 12.2. The van der Waals surface area contributed by atoms with Crippen molar-refractivity contribution < 1.29 is 4.74 Å². The second-order valence-corrected chi connectivity index (χ2v) is 4.06. The summed E-state index contributed by atoms with van der Waals surface area (Å²) < 4.78 is 5.44. The van der Waals surface area contributed by atoms with Crippen LogP contribution in [0.5, 0.6) is 0 Å². The normalized spacial score (nSPS) is 15.6. The Labute approximate surface area is 84.3 Å². The average molecular weight is 235 g/mol. The Hall–Kier alpha value is 0.180. The summed E-state index contributed by atoms with van der Waals surface area (Å²) in [6.07, 6.45) is 4.20. The molecule has 0 aliphatic carbocycles. The largest absolute Gasteiger partial charge is 0.377 e. The Kier molecular flexibility index (Phi) is 6.77. The van der Waals surface area contributed by atoms with Gasteiger partial charge in [0.1, 0.15) is 0 Å². The highest BCUT2D eigenvalue weighted by Gasteiger charge is 2.21. The summed E-state index contributed by atoms with van der Waals surface area (Å²) in [5.74, 6) is 0. The second kappa shape index (κ2) is 6.67. The fraction of sp³-hybridized carbons (Fsp3) is 0.800. The van der Waals surface area contributed by atoms with Crippen LogP contribution in [0, 0.1) is 5.41 Å². The molecule has 0 heterocycles. The molecule has 0 aromatic heterocycles. The van der Waals surface area contributed by atoms with E-state index in [9.17, 15) is 0 Å². The van der Waals surface area contributed by atoms with Crippen LogP contribution in [0.25, 0.3) is 0 Å². The van der Waals surface area contributed by atoms with Gasteiger partial charge in [0, 0.05) is 10.7 Å². The molecular formula is C10H19BrO. The number of alkyl halides is 1. The van der Waals surface area contributed by atoms with E-state index in [0.717, 1.165) is 11.9 Å². The van der Waals surface area contributed by atoms with Crippen molar-refractivity contribution in [2.75, 3.05) is 18.5 Å². The van der Waals surface area contributed by atoms with E-state index >= 15 is 0 Å². The van der Waals surface area contributed by atoms with Gasteiger partial charge >= 0.3 is 0 Å². The van der Waals surface area contributed by atoms with Crippen LogP contribution in [0.2, 0.25) is 0 Å². The summed E-state index contributed by atoms with van der Waals surface area (Å²) in [6, 6.07) is 0. The zero-order valence-corrected chi connectivity index (χ0v) is 9.69. The van der Waals surface area contributed by atoms with Crippen molar-refractivity contribution in [2.24, 2.45) is 5.41 Å². The molecule has 0 fully saturated rings. The summed E-state index contributed by atoms with van der Waals surface area (Å²) in [6.45, 7) is 9.54. The van der Waals surface area contributed by atoms with Gasteiger partial charge < -0.3 is 4.74 Å². The van der Waals surface area contributed by atoms with Crippen molar-refractivity contribution in [3.8, 4) is 0 Å². The Morgan fingerprint density at radius 1 is 1.58 bits per heavy atom. The maximum Gasteiger partial charge on any atom is 0.0645 e. The summed E-state index contributed by atoms with van der Waals surface area (Å²) in [5.41, 5.74) is 0.289. The number of hydrogen-bond acceptors (Lipinski definition) is 1. The third-order valence-electron chi connectivity index (χ3n) is 1.86. The van der Waals surface area contributed by atoms with Crippen molar-refractivity contribution in [3.05, 3.63) is 12.7 Å². The van der Waals surface area contributed by atoms with E-state index in [1.807, 2.05) is 0 Å². The fourth-order valence-corrected chi connectivity index (χ4v) is 1.61. The van der Waals surface area contributed by atoms with Gasteiger partial charge in [-0.1, -0.05) is 42.3 Å². The maximum atomic E-state index is 5.44. The van der Waals surface area contributed by atoms with E-state index in [-0.39, 0.29) is 5.41 Å². The minimum absolute atomic E-state index is 0.289. The Balaban J connectivity index is 3.70. The molecule has 0 N–H and O–H groups in total. The molecule has 2 heteroatoms. The van der Waals surface area contributed by atoms with E-state index in [2.05, 4.69) is 36.4 Å². The topological polar surface area (TPSA) is 9.23 Å². The van der Waals surface area contributed by atoms with Gasteiger partial charge in [0.15, 0.2) is 0 Å². The third kappa shape index (κ3) is 4.94. The standard InChI is InChI=1S/C10H19BrO/c1-4-6-10(3,8-11)9-12-7-5-2/h5H,2,4,6-9H2,1,3H3.